The Labute approximate surface area is 151 Å². The Morgan fingerprint density at radius 3 is 2.56 bits per heavy atom. The summed E-state index contributed by atoms with van der Waals surface area (Å²) in [5.41, 5.74) is 3.86. The maximum absolute atomic E-state index is 12.6. The van der Waals surface area contributed by atoms with Crippen LogP contribution in [0.4, 0.5) is 5.69 Å². The predicted octanol–water partition coefficient (Wildman–Crippen LogP) is 4.30. The molecule has 0 radical (unpaired) electrons. The van der Waals surface area contributed by atoms with E-state index < -0.39 is 0 Å². The van der Waals surface area contributed by atoms with Gasteiger partial charge in [0.1, 0.15) is 0 Å². The molecule has 1 amide bonds. The van der Waals surface area contributed by atoms with E-state index in [4.69, 9.17) is 11.6 Å². The number of carbonyl (C=O) groups excluding carboxylic acids is 1. The Morgan fingerprint density at radius 2 is 1.88 bits per heavy atom. The lowest BCUT2D eigenvalue weighted by molar-refractivity contribution is 0.102. The summed E-state index contributed by atoms with van der Waals surface area (Å²) in [6.45, 7) is 4.06. The summed E-state index contributed by atoms with van der Waals surface area (Å²) < 4.78 is 1.58. The third-order valence-corrected chi connectivity index (χ3v) is 4.42. The fourth-order valence-corrected chi connectivity index (χ4v) is 3.01. The Morgan fingerprint density at radius 1 is 1.12 bits per heavy atom. The van der Waals surface area contributed by atoms with E-state index in [1.165, 1.54) is 0 Å². The SMILES string of the molecule is CCc1ccc(Cl)c(CC)c1NC(=O)c1cn(-c2ccccc2)nn1. The third kappa shape index (κ3) is 3.56. The molecule has 0 fully saturated rings. The molecule has 0 aliphatic carbocycles. The molecule has 1 heterocycles. The van der Waals surface area contributed by atoms with Crippen LogP contribution in [0.25, 0.3) is 5.69 Å². The molecule has 0 atom stereocenters. The average Bonchev–Trinajstić information content (AvgIpc) is 3.13. The minimum absolute atomic E-state index is 0.257. The van der Waals surface area contributed by atoms with Gasteiger partial charge in [-0.05, 0) is 42.2 Å². The van der Waals surface area contributed by atoms with Gasteiger partial charge in [0, 0.05) is 10.7 Å². The molecule has 0 aliphatic rings. The van der Waals surface area contributed by atoms with Crippen LogP contribution >= 0.6 is 11.6 Å². The van der Waals surface area contributed by atoms with E-state index in [1.54, 1.807) is 10.9 Å². The molecule has 2 aromatic carbocycles. The first-order chi connectivity index (χ1) is 12.1. The zero-order valence-electron chi connectivity index (χ0n) is 14.2. The summed E-state index contributed by atoms with van der Waals surface area (Å²) >= 11 is 6.29. The number of carbonyl (C=O) groups is 1. The summed E-state index contributed by atoms with van der Waals surface area (Å²) in [7, 11) is 0. The van der Waals surface area contributed by atoms with Crippen LogP contribution in [-0.4, -0.2) is 20.9 Å². The number of amides is 1. The van der Waals surface area contributed by atoms with Crippen molar-refractivity contribution >= 4 is 23.2 Å². The summed E-state index contributed by atoms with van der Waals surface area (Å²) in [5, 5.41) is 11.6. The smallest absolute Gasteiger partial charge is 0.277 e. The first kappa shape index (κ1) is 17.2. The Hall–Kier alpha value is -2.66. The van der Waals surface area contributed by atoms with E-state index in [1.807, 2.05) is 56.3 Å². The van der Waals surface area contributed by atoms with Crippen LogP contribution in [0.15, 0.2) is 48.7 Å². The van der Waals surface area contributed by atoms with Crippen LogP contribution in [-0.2, 0) is 12.8 Å². The summed E-state index contributed by atoms with van der Waals surface area (Å²) in [4.78, 5) is 12.6. The van der Waals surface area contributed by atoms with E-state index in [-0.39, 0.29) is 11.6 Å². The average molecular weight is 355 g/mol. The highest BCUT2D eigenvalue weighted by molar-refractivity contribution is 6.32. The van der Waals surface area contributed by atoms with Gasteiger partial charge in [0.05, 0.1) is 11.9 Å². The van der Waals surface area contributed by atoms with E-state index >= 15 is 0 Å². The van der Waals surface area contributed by atoms with Gasteiger partial charge in [0.15, 0.2) is 5.69 Å². The molecule has 1 aromatic heterocycles. The molecule has 0 aliphatic heterocycles. The predicted molar refractivity (Wildman–Crippen MR) is 99.5 cm³/mol. The highest BCUT2D eigenvalue weighted by Crippen LogP contribution is 2.29. The van der Waals surface area contributed by atoms with Crippen LogP contribution < -0.4 is 5.32 Å². The van der Waals surface area contributed by atoms with Gasteiger partial charge in [-0.25, -0.2) is 4.68 Å². The zero-order chi connectivity index (χ0) is 17.8. The van der Waals surface area contributed by atoms with Gasteiger partial charge in [-0.3, -0.25) is 4.79 Å². The normalized spacial score (nSPS) is 10.7. The van der Waals surface area contributed by atoms with Crippen molar-refractivity contribution in [3.63, 3.8) is 0 Å². The zero-order valence-corrected chi connectivity index (χ0v) is 14.9. The standard InChI is InChI=1S/C19H19ClN4O/c1-3-13-10-11-16(20)15(4-2)18(13)21-19(25)17-12-24(23-22-17)14-8-6-5-7-9-14/h5-12H,3-4H2,1-2H3,(H,21,25). The third-order valence-electron chi connectivity index (χ3n) is 4.06. The van der Waals surface area contributed by atoms with E-state index in [0.717, 1.165) is 35.3 Å². The second-order valence-electron chi connectivity index (χ2n) is 5.61. The fraction of sp³-hybridized carbons (Fsp3) is 0.211. The van der Waals surface area contributed by atoms with Gasteiger partial charge in [0.2, 0.25) is 0 Å². The van der Waals surface area contributed by atoms with Crippen molar-refractivity contribution in [2.45, 2.75) is 26.7 Å². The number of para-hydroxylation sites is 1. The van der Waals surface area contributed by atoms with Crippen molar-refractivity contribution < 1.29 is 4.79 Å². The lowest BCUT2D eigenvalue weighted by Crippen LogP contribution is -2.15. The largest absolute Gasteiger partial charge is 0.320 e. The fourth-order valence-electron chi connectivity index (χ4n) is 2.72. The van der Waals surface area contributed by atoms with Gasteiger partial charge in [-0.1, -0.05) is 54.9 Å². The minimum atomic E-state index is -0.297. The van der Waals surface area contributed by atoms with Crippen LogP contribution in [0, 0.1) is 0 Å². The summed E-state index contributed by atoms with van der Waals surface area (Å²) in [6.07, 6.45) is 3.15. The highest BCUT2D eigenvalue weighted by Gasteiger charge is 2.17. The summed E-state index contributed by atoms with van der Waals surface area (Å²) in [5.74, 6) is -0.297. The van der Waals surface area contributed by atoms with Gasteiger partial charge in [-0.15, -0.1) is 5.10 Å². The second-order valence-corrected chi connectivity index (χ2v) is 6.01. The second kappa shape index (κ2) is 7.49. The van der Waals surface area contributed by atoms with Gasteiger partial charge >= 0.3 is 0 Å². The van der Waals surface area contributed by atoms with E-state index in [2.05, 4.69) is 15.6 Å². The van der Waals surface area contributed by atoms with Crippen LogP contribution in [0.3, 0.4) is 0 Å². The van der Waals surface area contributed by atoms with Gasteiger partial charge in [0.25, 0.3) is 5.91 Å². The molecule has 0 bridgehead atoms. The molecule has 25 heavy (non-hydrogen) atoms. The molecule has 0 spiro atoms. The van der Waals surface area contributed by atoms with Crippen molar-refractivity contribution in [3.8, 4) is 5.69 Å². The number of hydrogen-bond acceptors (Lipinski definition) is 3. The Kier molecular flexibility index (Phi) is 5.14. The molecule has 5 nitrogen and oxygen atoms in total. The lowest BCUT2D eigenvalue weighted by Gasteiger charge is -2.15. The number of aromatic nitrogens is 3. The molecule has 6 heteroatoms. The number of rotatable bonds is 5. The van der Waals surface area contributed by atoms with Crippen LogP contribution in [0.2, 0.25) is 5.02 Å². The molecule has 0 saturated heterocycles. The number of hydrogen-bond donors (Lipinski definition) is 1. The van der Waals surface area contributed by atoms with E-state index in [9.17, 15) is 4.79 Å². The van der Waals surface area contributed by atoms with Crippen molar-refractivity contribution in [3.05, 3.63) is 70.5 Å². The number of halogens is 1. The maximum Gasteiger partial charge on any atom is 0.277 e. The first-order valence-electron chi connectivity index (χ1n) is 8.23. The molecule has 0 unspecified atom stereocenters. The first-order valence-corrected chi connectivity index (χ1v) is 8.61. The number of nitrogens with zero attached hydrogens (tertiary/aromatic N) is 3. The van der Waals surface area contributed by atoms with Crippen LogP contribution in [0.5, 0.6) is 0 Å². The quantitative estimate of drug-likeness (QED) is 0.743. The molecule has 3 aromatic rings. The monoisotopic (exact) mass is 354 g/mol. The van der Waals surface area contributed by atoms with E-state index in [0.29, 0.717) is 5.02 Å². The molecule has 128 valence electrons. The maximum atomic E-state index is 12.6. The number of nitrogens with one attached hydrogen (secondary N) is 1. The van der Waals surface area contributed by atoms with Gasteiger partial charge < -0.3 is 5.32 Å². The molecule has 3 rings (SSSR count). The molecule has 1 N–H and O–H groups in total. The van der Waals surface area contributed by atoms with Crippen molar-refractivity contribution in [1.29, 1.82) is 0 Å². The minimum Gasteiger partial charge on any atom is -0.320 e. The number of aryl methyl sites for hydroxylation is 1. The molecule has 0 saturated carbocycles. The van der Waals surface area contributed by atoms with Crippen molar-refractivity contribution in [1.82, 2.24) is 15.0 Å². The Balaban J connectivity index is 1.89. The number of anilines is 1. The highest BCUT2D eigenvalue weighted by atomic mass is 35.5. The van der Waals surface area contributed by atoms with Crippen LogP contribution in [0.1, 0.15) is 35.5 Å². The molecular formula is C19H19ClN4O. The van der Waals surface area contributed by atoms with Gasteiger partial charge in [-0.2, -0.15) is 0 Å². The summed E-state index contributed by atoms with van der Waals surface area (Å²) in [6, 6.07) is 13.4. The molecular weight excluding hydrogens is 336 g/mol. The topological polar surface area (TPSA) is 59.8 Å². The van der Waals surface area contributed by atoms with Crippen molar-refractivity contribution in [2.24, 2.45) is 0 Å². The Bertz CT molecular complexity index is 890. The van der Waals surface area contributed by atoms with Crippen molar-refractivity contribution in [2.75, 3.05) is 5.32 Å². The lowest BCUT2D eigenvalue weighted by atomic mass is 10.0. The number of benzene rings is 2.